The molecule has 0 heterocycles. The molecule has 2 aromatic rings. The van der Waals surface area contributed by atoms with Gasteiger partial charge in [-0.05, 0) is 40.2 Å². The van der Waals surface area contributed by atoms with E-state index in [-0.39, 0.29) is 5.41 Å². The minimum Gasteiger partial charge on any atom is -0.508 e. The van der Waals surface area contributed by atoms with Gasteiger partial charge in [-0.25, -0.2) is 0 Å². The highest BCUT2D eigenvalue weighted by Gasteiger charge is 2.24. The molecule has 0 aromatic heterocycles. The van der Waals surface area contributed by atoms with Crippen molar-refractivity contribution in [2.75, 3.05) is 0 Å². The molecular weight excluding hydrogens is 232 g/mol. The number of phenolic OH excluding ortho intramolecular Hbond substituents is 1. The van der Waals surface area contributed by atoms with Crippen LogP contribution >= 0.6 is 0 Å². The second-order valence-corrected chi connectivity index (χ2v) is 6.00. The van der Waals surface area contributed by atoms with Crippen molar-refractivity contribution in [3.63, 3.8) is 0 Å². The Bertz CT molecular complexity index is 533. The third-order valence-electron chi connectivity index (χ3n) is 4.27. The van der Waals surface area contributed by atoms with Crippen molar-refractivity contribution in [2.24, 2.45) is 5.92 Å². The van der Waals surface area contributed by atoms with Gasteiger partial charge < -0.3 is 5.11 Å². The van der Waals surface area contributed by atoms with E-state index in [1.165, 1.54) is 11.1 Å². The summed E-state index contributed by atoms with van der Waals surface area (Å²) in [7, 11) is 0. The van der Waals surface area contributed by atoms with E-state index in [0.29, 0.717) is 11.7 Å². The standard InChI is InChI=1S/C18H22O/c1-13(2)18(3,4)16-9-5-14(6-10-16)15-7-11-17(19)12-8-15/h5-13,19H,1-4H3. The Morgan fingerprint density at radius 1 is 0.789 bits per heavy atom. The first-order chi connectivity index (χ1) is 8.91. The number of rotatable bonds is 3. The highest BCUT2D eigenvalue weighted by Crippen LogP contribution is 2.32. The number of aromatic hydroxyl groups is 1. The average Bonchev–Trinajstić information content (AvgIpc) is 2.39. The largest absolute Gasteiger partial charge is 0.508 e. The van der Waals surface area contributed by atoms with Crippen LogP contribution in [0.4, 0.5) is 0 Å². The Balaban J connectivity index is 2.31. The van der Waals surface area contributed by atoms with Crippen molar-refractivity contribution < 1.29 is 5.11 Å². The van der Waals surface area contributed by atoms with Gasteiger partial charge in [-0.1, -0.05) is 64.1 Å². The maximum atomic E-state index is 9.32. The maximum Gasteiger partial charge on any atom is 0.115 e. The van der Waals surface area contributed by atoms with Crippen LogP contribution < -0.4 is 0 Å². The van der Waals surface area contributed by atoms with Crippen LogP contribution in [-0.4, -0.2) is 5.11 Å². The molecule has 0 bridgehead atoms. The first-order valence-corrected chi connectivity index (χ1v) is 6.81. The maximum absolute atomic E-state index is 9.32. The molecule has 0 aliphatic rings. The van der Waals surface area contributed by atoms with Gasteiger partial charge in [0.1, 0.15) is 5.75 Å². The van der Waals surface area contributed by atoms with Crippen LogP contribution in [0.15, 0.2) is 48.5 Å². The minimum absolute atomic E-state index is 0.188. The second-order valence-electron chi connectivity index (χ2n) is 6.00. The normalized spacial score (nSPS) is 11.8. The van der Waals surface area contributed by atoms with E-state index in [9.17, 15) is 5.11 Å². The molecule has 0 aliphatic heterocycles. The minimum atomic E-state index is 0.188. The summed E-state index contributed by atoms with van der Waals surface area (Å²) < 4.78 is 0. The molecule has 1 nitrogen and oxygen atoms in total. The van der Waals surface area contributed by atoms with Crippen LogP contribution in [0.1, 0.15) is 33.3 Å². The van der Waals surface area contributed by atoms with Gasteiger partial charge in [-0.2, -0.15) is 0 Å². The lowest BCUT2D eigenvalue weighted by Crippen LogP contribution is -2.24. The SMILES string of the molecule is CC(C)C(C)(C)c1ccc(-c2ccc(O)cc2)cc1. The Morgan fingerprint density at radius 2 is 1.21 bits per heavy atom. The average molecular weight is 254 g/mol. The van der Waals surface area contributed by atoms with Gasteiger partial charge in [-0.3, -0.25) is 0 Å². The number of hydrogen-bond acceptors (Lipinski definition) is 1. The first-order valence-electron chi connectivity index (χ1n) is 6.81. The fraction of sp³-hybridized carbons (Fsp3) is 0.333. The molecule has 19 heavy (non-hydrogen) atoms. The second kappa shape index (κ2) is 5.08. The Hall–Kier alpha value is -1.76. The predicted molar refractivity (Wildman–Crippen MR) is 81.4 cm³/mol. The third-order valence-corrected chi connectivity index (χ3v) is 4.27. The lowest BCUT2D eigenvalue weighted by molar-refractivity contribution is 0.372. The van der Waals surface area contributed by atoms with Crippen LogP contribution in [0.25, 0.3) is 11.1 Å². The van der Waals surface area contributed by atoms with E-state index in [1.807, 2.05) is 12.1 Å². The van der Waals surface area contributed by atoms with Crippen LogP contribution in [-0.2, 0) is 5.41 Å². The van der Waals surface area contributed by atoms with Crippen LogP contribution in [0.5, 0.6) is 5.75 Å². The van der Waals surface area contributed by atoms with Crippen molar-refractivity contribution >= 4 is 0 Å². The highest BCUT2D eigenvalue weighted by atomic mass is 16.3. The molecule has 0 atom stereocenters. The smallest absolute Gasteiger partial charge is 0.115 e. The Kier molecular flexibility index (Phi) is 3.66. The lowest BCUT2D eigenvalue weighted by Gasteiger charge is -2.30. The predicted octanol–water partition coefficient (Wildman–Crippen LogP) is 4.99. The topological polar surface area (TPSA) is 20.2 Å². The summed E-state index contributed by atoms with van der Waals surface area (Å²) in [5, 5.41) is 9.32. The molecule has 100 valence electrons. The third kappa shape index (κ3) is 2.81. The monoisotopic (exact) mass is 254 g/mol. The van der Waals surface area contributed by atoms with Crippen LogP contribution in [0.2, 0.25) is 0 Å². The van der Waals surface area contributed by atoms with Gasteiger partial charge >= 0.3 is 0 Å². The molecule has 0 saturated carbocycles. The van der Waals surface area contributed by atoms with Gasteiger partial charge in [-0.15, -0.1) is 0 Å². The van der Waals surface area contributed by atoms with Gasteiger partial charge in [0.05, 0.1) is 0 Å². The van der Waals surface area contributed by atoms with Crippen molar-refractivity contribution in [3.8, 4) is 16.9 Å². The van der Waals surface area contributed by atoms with E-state index >= 15 is 0 Å². The van der Waals surface area contributed by atoms with Gasteiger partial charge in [0, 0.05) is 0 Å². The Morgan fingerprint density at radius 3 is 1.63 bits per heavy atom. The summed E-state index contributed by atoms with van der Waals surface area (Å²) in [5.74, 6) is 0.910. The zero-order chi connectivity index (χ0) is 14.0. The van der Waals surface area contributed by atoms with E-state index < -0.39 is 0 Å². The number of benzene rings is 2. The summed E-state index contributed by atoms with van der Waals surface area (Å²) in [6.07, 6.45) is 0. The quantitative estimate of drug-likeness (QED) is 0.817. The molecule has 0 amide bonds. The highest BCUT2D eigenvalue weighted by molar-refractivity contribution is 5.64. The zero-order valence-electron chi connectivity index (χ0n) is 12.1. The molecule has 0 fully saturated rings. The molecule has 0 radical (unpaired) electrons. The van der Waals surface area contributed by atoms with Gasteiger partial charge in [0.15, 0.2) is 0 Å². The summed E-state index contributed by atoms with van der Waals surface area (Å²) in [4.78, 5) is 0. The fourth-order valence-electron chi connectivity index (χ4n) is 2.08. The molecule has 1 heteroatoms. The van der Waals surface area contributed by atoms with E-state index in [0.717, 1.165) is 5.56 Å². The molecule has 0 aliphatic carbocycles. The van der Waals surface area contributed by atoms with E-state index in [4.69, 9.17) is 0 Å². The molecule has 1 N–H and O–H groups in total. The summed E-state index contributed by atoms with van der Waals surface area (Å²) in [6.45, 7) is 9.09. The van der Waals surface area contributed by atoms with Gasteiger partial charge in [0.2, 0.25) is 0 Å². The molecular formula is C18H22O. The molecule has 0 unspecified atom stereocenters. The van der Waals surface area contributed by atoms with Gasteiger partial charge in [0.25, 0.3) is 0 Å². The van der Waals surface area contributed by atoms with Crippen molar-refractivity contribution in [1.29, 1.82) is 0 Å². The summed E-state index contributed by atoms with van der Waals surface area (Å²) in [6, 6.07) is 16.1. The Labute approximate surface area is 115 Å². The molecule has 2 rings (SSSR count). The number of phenols is 1. The molecule has 0 saturated heterocycles. The lowest BCUT2D eigenvalue weighted by atomic mass is 9.75. The number of hydrogen-bond donors (Lipinski definition) is 1. The van der Waals surface area contributed by atoms with Crippen molar-refractivity contribution in [3.05, 3.63) is 54.1 Å². The van der Waals surface area contributed by atoms with Crippen molar-refractivity contribution in [1.82, 2.24) is 0 Å². The summed E-state index contributed by atoms with van der Waals surface area (Å²) in [5.41, 5.74) is 3.87. The van der Waals surface area contributed by atoms with E-state index in [2.05, 4.69) is 52.0 Å². The fourth-order valence-corrected chi connectivity index (χ4v) is 2.08. The molecule has 2 aromatic carbocycles. The summed E-state index contributed by atoms with van der Waals surface area (Å²) >= 11 is 0. The zero-order valence-corrected chi connectivity index (χ0v) is 12.1. The molecule has 0 spiro atoms. The van der Waals surface area contributed by atoms with E-state index in [1.54, 1.807) is 12.1 Å². The van der Waals surface area contributed by atoms with Crippen LogP contribution in [0, 0.1) is 5.92 Å². The van der Waals surface area contributed by atoms with Crippen molar-refractivity contribution in [2.45, 2.75) is 33.1 Å². The first kappa shape index (κ1) is 13.7. The van der Waals surface area contributed by atoms with Crippen LogP contribution in [0.3, 0.4) is 0 Å².